The summed E-state index contributed by atoms with van der Waals surface area (Å²) in [5.41, 5.74) is 20.1. The molecule has 3 aromatic heterocycles. The molecule has 3 heterocycles. The molecular weight excluding hydrogens is 350 g/mol. The number of thiophene rings is 1. The summed E-state index contributed by atoms with van der Waals surface area (Å²) in [7, 11) is 1.64. The quantitative estimate of drug-likeness (QED) is 0.480. The minimum absolute atomic E-state index is 0.245. The van der Waals surface area contributed by atoms with E-state index in [9.17, 15) is 4.79 Å². The number of fused-ring (bicyclic) bond motifs is 2. The molecule has 0 radical (unpaired) electrons. The van der Waals surface area contributed by atoms with E-state index in [1.54, 1.807) is 13.3 Å². The SMILES string of the molecule is CN=Cc1c(N)nc2sc(C(N)=O)c(N)c2c1-c1cc2ccccc2o1. The first-order valence-corrected chi connectivity index (χ1v) is 8.55. The molecule has 0 unspecified atom stereocenters. The summed E-state index contributed by atoms with van der Waals surface area (Å²) in [5, 5.41) is 1.53. The third-order valence-corrected chi connectivity index (χ3v) is 5.21. The summed E-state index contributed by atoms with van der Waals surface area (Å²) in [5.74, 6) is 0.238. The lowest BCUT2D eigenvalue weighted by Gasteiger charge is -2.08. The van der Waals surface area contributed by atoms with Gasteiger partial charge in [-0.25, -0.2) is 4.98 Å². The molecule has 1 amide bonds. The van der Waals surface area contributed by atoms with E-state index in [0.717, 1.165) is 22.3 Å². The highest BCUT2D eigenvalue weighted by Gasteiger charge is 2.24. The molecular formula is C18H15N5O2S. The van der Waals surface area contributed by atoms with Crippen molar-refractivity contribution in [1.82, 2.24) is 4.98 Å². The molecule has 0 spiro atoms. The van der Waals surface area contributed by atoms with Gasteiger partial charge in [-0.15, -0.1) is 11.3 Å². The third-order valence-electron chi connectivity index (χ3n) is 4.10. The van der Waals surface area contributed by atoms with E-state index in [1.165, 1.54) is 0 Å². The van der Waals surface area contributed by atoms with E-state index in [1.807, 2.05) is 30.3 Å². The monoisotopic (exact) mass is 365 g/mol. The average Bonchev–Trinajstić information content (AvgIpc) is 3.17. The largest absolute Gasteiger partial charge is 0.456 e. The number of aliphatic imine (C=N–C) groups is 1. The van der Waals surface area contributed by atoms with Crippen molar-refractivity contribution in [2.45, 2.75) is 0 Å². The molecule has 0 saturated carbocycles. The number of nitrogens with two attached hydrogens (primary N) is 3. The van der Waals surface area contributed by atoms with Crippen LogP contribution < -0.4 is 17.2 Å². The number of hydrogen-bond donors (Lipinski definition) is 3. The smallest absolute Gasteiger partial charge is 0.260 e. The number of hydrogen-bond acceptors (Lipinski definition) is 7. The molecule has 0 aliphatic carbocycles. The first-order valence-electron chi connectivity index (χ1n) is 7.73. The van der Waals surface area contributed by atoms with Crippen LogP contribution in [-0.2, 0) is 0 Å². The number of pyridine rings is 1. The molecule has 0 aliphatic heterocycles. The van der Waals surface area contributed by atoms with E-state index in [4.69, 9.17) is 21.6 Å². The first kappa shape index (κ1) is 16.1. The molecule has 0 bridgehead atoms. The molecule has 6 N–H and O–H groups in total. The molecule has 1 aromatic carbocycles. The second-order valence-electron chi connectivity index (χ2n) is 5.71. The lowest BCUT2D eigenvalue weighted by atomic mass is 10.0. The molecule has 0 aliphatic rings. The van der Waals surface area contributed by atoms with E-state index < -0.39 is 5.91 Å². The van der Waals surface area contributed by atoms with Gasteiger partial charge >= 0.3 is 0 Å². The van der Waals surface area contributed by atoms with Gasteiger partial charge in [0.15, 0.2) is 0 Å². The number of rotatable bonds is 3. The van der Waals surface area contributed by atoms with Gasteiger partial charge in [-0.2, -0.15) is 0 Å². The maximum atomic E-state index is 11.7. The summed E-state index contributed by atoms with van der Waals surface area (Å²) >= 11 is 1.11. The van der Waals surface area contributed by atoms with Crippen molar-refractivity contribution in [2.24, 2.45) is 10.7 Å². The van der Waals surface area contributed by atoms with Crippen LogP contribution in [0.2, 0.25) is 0 Å². The number of benzene rings is 1. The minimum atomic E-state index is -0.606. The van der Waals surface area contributed by atoms with Crippen LogP contribution in [0.3, 0.4) is 0 Å². The van der Waals surface area contributed by atoms with Crippen LogP contribution in [0.5, 0.6) is 0 Å². The van der Waals surface area contributed by atoms with Crippen molar-refractivity contribution in [3.05, 3.63) is 40.8 Å². The number of primary amides is 1. The maximum absolute atomic E-state index is 11.7. The number of para-hydroxylation sites is 1. The molecule has 26 heavy (non-hydrogen) atoms. The Labute approximate surface area is 152 Å². The Hall–Kier alpha value is -3.39. The zero-order chi connectivity index (χ0) is 18.4. The highest BCUT2D eigenvalue weighted by molar-refractivity contribution is 7.21. The molecule has 0 saturated heterocycles. The second kappa shape index (κ2) is 5.85. The number of nitrogen functional groups attached to an aromatic ring is 2. The van der Waals surface area contributed by atoms with Crippen molar-refractivity contribution in [1.29, 1.82) is 0 Å². The van der Waals surface area contributed by atoms with Crippen LogP contribution in [0.1, 0.15) is 15.2 Å². The van der Waals surface area contributed by atoms with Crippen molar-refractivity contribution in [3.8, 4) is 11.3 Å². The molecule has 4 rings (SSSR count). The highest BCUT2D eigenvalue weighted by Crippen LogP contribution is 2.43. The summed E-state index contributed by atoms with van der Waals surface area (Å²) in [4.78, 5) is 20.9. The topological polar surface area (TPSA) is 134 Å². The van der Waals surface area contributed by atoms with Crippen LogP contribution in [0.15, 0.2) is 39.7 Å². The summed E-state index contributed by atoms with van der Waals surface area (Å²) in [6.45, 7) is 0. The van der Waals surface area contributed by atoms with E-state index in [-0.39, 0.29) is 16.4 Å². The van der Waals surface area contributed by atoms with Gasteiger partial charge in [0.25, 0.3) is 5.91 Å². The summed E-state index contributed by atoms with van der Waals surface area (Å²) < 4.78 is 6.02. The summed E-state index contributed by atoms with van der Waals surface area (Å²) in [6, 6.07) is 9.54. The third kappa shape index (κ3) is 2.31. The molecule has 4 aromatic rings. The minimum Gasteiger partial charge on any atom is -0.456 e. The number of amides is 1. The van der Waals surface area contributed by atoms with Crippen LogP contribution in [0, 0.1) is 0 Å². The Balaban J connectivity index is 2.16. The number of anilines is 2. The lowest BCUT2D eigenvalue weighted by Crippen LogP contribution is -2.10. The Morgan fingerprint density at radius 1 is 1.31 bits per heavy atom. The average molecular weight is 365 g/mol. The zero-order valence-corrected chi connectivity index (χ0v) is 14.6. The van der Waals surface area contributed by atoms with Crippen LogP contribution >= 0.6 is 11.3 Å². The number of carbonyl (C=O) groups excluding carboxylic acids is 1. The Morgan fingerprint density at radius 3 is 2.77 bits per heavy atom. The number of aromatic nitrogens is 1. The fraction of sp³-hybridized carbons (Fsp3) is 0.0556. The number of nitrogens with zero attached hydrogens (tertiary/aromatic N) is 2. The Morgan fingerprint density at radius 2 is 2.08 bits per heavy atom. The van der Waals surface area contributed by atoms with Gasteiger partial charge in [0.2, 0.25) is 0 Å². The number of furan rings is 1. The van der Waals surface area contributed by atoms with Crippen molar-refractivity contribution < 1.29 is 9.21 Å². The molecule has 7 nitrogen and oxygen atoms in total. The zero-order valence-electron chi connectivity index (χ0n) is 13.8. The predicted octanol–water partition coefficient (Wildman–Crippen LogP) is 3.02. The normalized spacial score (nSPS) is 11.7. The van der Waals surface area contributed by atoms with E-state index in [2.05, 4.69) is 9.98 Å². The Kier molecular flexibility index (Phi) is 3.62. The first-order chi connectivity index (χ1) is 12.5. The molecule has 0 fully saturated rings. The van der Waals surface area contributed by atoms with Gasteiger partial charge in [-0.1, -0.05) is 18.2 Å². The van der Waals surface area contributed by atoms with Gasteiger partial charge in [-0.05, 0) is 12.1 Å². The van der Waals surface area contributed by atoms with E-state index in [0.29, 0.717) is 27.1 Å². The standard InChI is InChI=1S/C18H15N5O2S/c1-22-7-9-12(11-6-8-4-2-3-5-10(8)25-11)13-14(19)15(17(21)24)26-18(13)23-16(9)20/h2-7H,19H2,1H3,(H2,20,23)(H2,21,24). The summed E-state index contributed by atoms with van der Waals surface area (Å²) in [6.07, 6.45) is 1.60. The van der Waals surface area contributed by atoms with Crippen molar-refractivity contribution >= 4 is 56.1 Å². The predicted molar refractivity (Wildman–Crippen MR) is 106 cm³/mol. The van der Waals surface area contributed by atoms with E-state index >= 15 is 0 Å². The van der Waals surface area contributed by atoms with Gasteiger partial charge in [0.1, 0.15) is 26.9 Å². The van der Waals surface area contributed by atoms with Gasteiger partial charge < -0.3 is 21.6 Å². The van der Waals surface area contributed by atoms with Crippen LogP contribution in [-0.4, -0.2) is 24.2 Å². The van der Waals surface area contributed by atoms with Gasteiger partial charge in [-0.3, -0.25) is 9.79 Å². The fourth-order valence-electron chi connectivity index (χ4n) is 2.99. The highest BCUT2D eigenvalue weighted by atomic mass is 32.1. The van der Waals surface area contributed by atoms with Crippen molar-refractivity contribution in [2.75, 3.05) is 18.5 Å². The fourth-order valence-corrected chi connectivity index (χ4v) is 3.95. The van der Waals surface area contributed by atoms with Crippen LogP contribution in [0.25, 0.3) is 32.5 Å². The maximum Gasteiger partial charge on any atom is 0.260 e. The van der Waals surface area contributed by atoms with Gasteiger partial charge in [0, 0.05) is 35.2 Å². The van der Waals surface area contributed by atoms with Gasteiger partial charge in [0.05, 0.1) is 5.69 Å². The lowest BCUT2D eigenvalue weighted by molar-refractivity contribution is 0.100. The number of carbonyl (C=O) groups is 1. The van der Waals surface area contributed by atoms with Crippen LogP contribution in [0.4, 0.5) is 11.5 Å². The van der Waals surface area contributed by atoms with Crippen molar-refractivity contribution in [3.63, 3.8) is 0 Å². The second-order valence-corrected chi connectivity index (χ2v) is 6.71. The molecule has 0 atom stereocenters. The molecule has 8 heteroatoms. The molecule has 130 valence electrons. The Bertz CT molecular complexity index is 1170.